The molecule has 0 radical (unpaired) electrons. The van der Waals surface area contributed by atoms with Crippen molar-refractivity contribution in [1.29, 1.82) is 0 Å². The van der Waals surface area contributed by atoms with E-state index in [0.29, 0.717) is 5.92 Å². The highest BCUT2D eigenvalue weighted by molar-refractivity contribution is 9.10. The zero-order valence-corrected chi connectivity index (χ0v) is 21.9. The zero-order valence-electron chi connectivity index (χ0n) is 19.5. The van der Waals surface area contributed by atoms with E-state index in [2.05, 4.69) is 59.1 Å². The summed E-state index contributed by atoms with van der Waals surface area (Å²) in [5.74, 6) is 1.87. The van der Waals surface area contributed by atoms with Crippen LogP contribution in [0.2, 0.25) is 0 Å². The number of halogens is 1. The van der Waals surface area contributed by atoms with Crippen molar-refractivity contribution in [3.05, 3.63) is 57.1 Å². The smallest absolute Gasteiger partial charge is 0.255 e. The van der Waals surface area contributed by atoms with Gasteiger partial charge in [0.1, 0.15) is 5.82 Å². The highest BCUT2D eigenvalue weighted by Gasteiger charge is 2.32. The Labute approximate surface area is 211 Å². The number of aromatic nitrogens is 3. The Bertz CT molecular complexity index is 1390. The SMILES string of the molecule is Cc1cn2nc([C@@H]3CCCCN3C(=O)c3csc4ccc(Br)cc34)cc2nc1N1CC[C@H](C)C1. The summed E-state index contributed by atoms with van der Waals surface area (Å²) in [6, 6.07) is 8.21. The third kappa shape index (κ3) is 3.81. The van der Waals surface area contributed by atoms with E-state index >= 15 is 0 Å². The molecule has 4 aromatic rings. The van der Waals surface area contributed by atoms with E-state index in [-0.39, 0.29) is 11.9 Å². The van der Waals surface area contributed by atoms with Gasteiger partial charge in [-0.05, 0) is 56.7 Å². The first-order valence-corrected chi connectivity index (χ1v) is 13.7. The number of aryl methyl sites for hydroxylation is 1. The molecule has 6 rings (SSSR count). The summed E-state index contributed by atoms with van der Waals surface area (Å²) in [7, 11) is 0. The van der Waals surface area contributed by atoms with Crippen LogP contribution < -0.4 is 4.90 Å². The maximum absolute atomic E-state index is 13.8. The second kappa shape index (κ2) is 8.64. The maximum atomic E-state index is 13.8. The van der Waals surface area contributed by atoms with Gasteiger partial charge in [-0.2, -0.15) is 5.10 Å². The second-order valence-electron chi connectivity index (χ2n) is 9.76. The highest BCUT2D eigenvalue weighted by Crippen LogP contribution is 2.36. The van der Waals surface area contributed by atoms with Crippen LogP contribution in [0.1, 0.15) is 60.3 Å². The summed E-state index contributed by atoms with van der Waals surface area (Å²) in [6.07, 6.45) is 6.35. The van der Waals surface area contributed by atoms with Crippen molar-refractivity contribution in [2.45, 2.75) is 45.6 Å². The first kappa shape index (κ1) is 22.0. The summed E-state index contributed by atoms with van der Waals surface area (Å²) in [5, 5.41) is 7.93. The monoisotopic (exact) mass is 537 g/mol. The van der Waals surface area contributed by atoms with Crippen molar-refractivity contribution >= 4 is 54.7 Å². The molecule has 2 atom stereocenters. The van der Waals surface area contributed by atoms with E-state index in [1.165, 1.54) is 6.42 Å². The number of amides is 1. The quantitative estimate of drug-likeness (QED) is 0.311. The minimum atomic E-state index is -0.0272. The summed E-state index contributed by atoms with van der Waals surface area (Å²) in [6.45, 7) is 7.28. The van der Waals surface area contributed by atoms with Crippen LogP contribution in [-0.4, -0.2) is 45.0 Å². The number of anilines is 1. The van der Waals surface area contributed by atoms with Gasteiger partial charge in [0.25, 0.3) is 5.91 Å². The van der Waals surface area contributed by atoms with Crippen LogP contribution in [0.15, 0.2) is 40.3 Å². The number of rotatable bonds is 3. The van der Waals surface area contributed by atoms with Gasteiger partial charge in [-0.15, -0.1) is 11.3 Å². The fraction of sp³-hybridized carbons (Fsp3) is 0.423. The molecule has 2 aliphatic heterocycles. The normalized spacial score (nSPS) is 21.1. The van der Waals surface area contributed by atoms with Gasteiger partial charge < -0.3 is 9.80 Å². The molecule has 3 aromatic heterocycles. The number of hydrogen-bond donors (Lipinski definition) is 0. The Morgan fingerprint density at radius 1 is 1.18 bits per heavy atom. The van der Waals surface area contributed by atoms with Gasteiger partial charge in [0.2, 0.25) is 0 Å². The number of thiophene rings is 1. The molecule has 0 unspecified atom stereocenters. The third-order valence-electron chi connectivity index (χ3n) is 7.22. The highest BCUT2D eigenvalue weighted by atomic mass is 79.9. The molecule has 8 heteroatoms. The summed E-state index contributed by atoms with van der Waals surface area (Å²) in [4.78, 5) is 23.2. The number of fused-ring (bicyclic) bond motifs is 2. The fourth-order valence-electron chi connectivity index (χ4n) is 5.43. The molecule has 0 bridgehead atoms. The lowest BCUT2D eigenvalue weighted by atomic mass is 9.98. The van der Waals surface area contributed by atoms with E-state index in [4.69, 9.17) is 10.1 Å². The van der Waals surface area contributed by atoms with Gasteiger partial charge in [-0.3, -0.25) is 4.79 Å². The Hall–Kier alpha value is -2.45. The molecule has 0 spiro atoms. The van der Waals surface area contributed by atoms with Crippen molar-refractivity contribution in [3.8, 4) is 0 Å². The molecule has 2 aliphatic rings. The van der Waals surface area contributed by atoms with Crippen LogP contribution >= 0.6 is 27.3 Å². The number of carbonyl (C=O) groups excluding carboxylic acids is 1. The molecule has 1 amide bonds. The predicted molar refractivity (Wildman–Crippen MR) is 141 cm³/mol. The van der Waals surface area contributed by atoms with Crippen molar-refractivity contribution in [1.82, 2.24) is 19.5 Å². The van der Waals surface area contributed by atoms with Crippen molar-refractivity contribution in [2.24, 2.45) is 5.92 Å². The minimum Gasteiger partial charge on any atom is -0.356 e. The van der Waals surface area contributed by atoms with E-state index < -0.39 is 0 Å². The van der Waals surface area contributed by atoms with Gasteiger partial charge >= 0.3 is 0 Å². The number of hydrogen-bond acceptors (Lipinski definition) is 5. The van der Waals surface area contributed by atoms with E-state index in [1.807, 2.05) is 20.9 Å². The first-order chi connectivity index (χ1) is 16.5. The number of piperidine rings is 1. The summed E-state index contributed by atoms with van der Waals surface area (Å²) < 4.78 is 4.02. The molecule has 176 valence electrons. The van der Waals surface area contributed by atoms with Gasteiger partial charge in [-0.25, -0.2) is 9.50 Å². The van der Waals surface area contributed by atoms with Gasteiger partial charge in [0.05, 0.1) is 17.3 Å². The van der Waals surface area contributed by atoms with Crippen molar-refractivity contribution < 1.29 is 4.79 Å². The molecular formula is C26H28BrN5OS. The summed E-state index contributed by atoms with van der Waals surface area (Å²) in [5.41, 5.74) is 3.73. The van der Waals surface area contributed by atoms with Crippen molar-refractivity contribution in [2.75, 3.05) is 24.5 Å². The third-order valence-corrected chi connectivity index (χ3v) is 8.68. The molecule has 1 aromatic carbocycles. The largest absolute Gasteiger partial charge is 0.356 e. The number of carbonyl (C=O) groups is 1. The topological polar surface area (TPSA) is 53.7 Å². The Morgan fingerprint density at radius 2 is 2.06 bits per heavy atom. The van der Waals surface area contributed by atoms with Crippen LogP contribution in [0.25, 0.3) is 15.7 Å². The number of benzene rings is 1. The molecule has 6 nitrogen and oxygen atoms in total. The van der Waals surface area contributed by atoms with Crippen LogP contribution in [0.3, 0.4) is 0 Å². The lowest BCUT2D eigenvalue weighted by Gasteiger charge is -2.34. The summed E-state index contributed by atoms with van der Waals surface area (Å²) >= 11 is 5.19. The van der Waals surface area contributed by atoms with E-state index in [1.54, 1.807) is 11.3 Å². The molecule has 2 saturated heterocycles. The minimum absolute atomic E-state index is 0.0272. The maximum Gasteiger partial charge on any atom is 0.255 e. The van der Waals surface area contributed by atoms with Crippen LogP contribution in [0, 0.1) is 12.8 Å². The molecule has 5 heterocycles. The number of nitrogens with zero attached hydrogens (tertiary/aromatic N) is 5. The van der Waals surface area contributed by atoms with Crippen molar-refractivity contribution in [3.63, 3.8) is 0 Å². The fourth-order valence-corrected chi connectivity index (χ4v) is 6.71. The van der Waals surface area contributed by atoms with Crippen LogP contribution in [0.5, 0.6) is 0 Å². The van der Waals surface area contributed by atoms with E-state index in [0.717, 1.165) is 81.7 Å². The lowest BCUT2D eigenvalue weighted by molar-refractivity contribution is 0.0608. The van der Waals surface area contributed by atoms with Gasteiger partial charge in [0, 0.05) is 57.4 Å². The molecule has 0 aliphatic carbocycles. The lowest BCUT2D eigenvalue weighted by Crippen LogP contribution is -2.38. The molecule has 2 fully saturated rings. The van der Waals surface area contributed by atoms with Gasteiger partial charge in [-0.1, -0.05) is 22.9 Å². The van der Waals surface area contributed by atoms with E-state index in [9.17, 15) is 4.79 Å². The average molecular weight is 539 g/mol. The van der Waals surface area contributed by atoms with Crippen LogP contribution in [-0.2, 0) is 0 Å². The Kier molecular flexibility index (Phi) is 5.60. The predicted octanol–water partition coefficient (Wildman–Crippen LogP) is 6.23. The average Bonchev–Trinajstić information content (AvgIpc) is 3.55. The number of likely N-dealkylation sites (tertiary alicyclic amines) is 1. The Balaban J connectivity index is 1.35. The van der Waals surface area contributed by atoms with Crippen LogP contribution in [0.4, 0.5) is 5.82 Å². The first-order valence-electron chi connectivity index (χ1n) is 12.1. The zero-order chi connectivity index (χ0) is 23.4. The molecule has 34 heavy (non-hydrogen) atoms. The molecule has 0 saturated carbocycles. The second-order valence-corrected chi connectivity index (χ2v) is 11.6. The molecular weight excluding hydrogens is 510 g/mol. The standard InChI is InChI=1S/C26H28BrN5OS/c1-16-8-10-30(13-16)25-17(2)14-32-24(28-25)12-21(29-32)22-5-3-4-9-31(22)26(33)20-15-34-23-7-6-18(27)11-19(20)23/h6-7,11-12,14-16,22H,3-5,8-10,13H2,1-2H3/t16-,22-/m0/s1. The Morgan fingerprint density at radius 3 is 2.88 bits per heavy atom. The van der Waals surface area contributed by atoms with Gasteiger partial charge in [0.15, 0.2) is 5.65 Å². The molecule has 0 N–H and O–H groups in total.